The number of hydrogen-bond acceptors (Lipinski definition) is 3. The van der Waals surface area contributed by atoms with Crippen molar-refractivity contribution in [1.82, 2.24) is 10.2 Å². The van der Waals surface area contributed by atoms with Gasteiger partial charge in [-0.05, 0) is 45.4 Å². The van der Waals surface area contributed by atoms with Crippen LogP contribution in [0.4, 0.5) is 0 Å². The summed E-state index contributed by atoms with van der Waals surface area (Å²) >= 11 is 0. The molecule has 4 unspecified atom stereocenters. The molecule has 0 spiro atoms. The van der Waals surface area contributed by atoms with E-state index in [4.69, 9.17) is 4.74 Å². The third kappa shape index (κ3) is 2.10. The van der Waals surface area contributed by atoms with Gasteiger partial charge in [-0.2, -0.15) is 0 Å². The van der Waals surface area contributed by atoms with E-state index in [1.54, 1.807) is 0 Å². The van der Waals surface area contributed by atoms with Crippen LogP contribution in [0.3, 0.4) is 0 Å². The number of rotatable bonds is 3. The Kier molecular flexibility index (Phi) is 3.41. The molecule has 104 valence electrons. The average Bonchev–Trinajstić information content (AvgIpc) is 3.17. The summed E-state index contributed by atoms with van der Waals surface area (Å²) in [4.78, 5) is 2.78. The number of piperazine rings is 1. The van der Waals surface area contributed by atoms with Crippen LogP contribution in [0.1, 0.15) is 46.5 Å². The molecule has 3 rings (SSSR count). The van der Waals surface area contributed by atoms with E-state index in [9.17, 15) is 0 Å². The summed E-state index contributed by atoms with van der Waals surface area (Å²) in [6, 6.07) is 1.42. The molecular formula is C15H28N2O. The minimum atomic E-state index is 0.260. The van der Waals surface area contributed by atoms with Crippen molar-refractivity contribution in [2.75, 3.05) is 19.7 Å². The Morgan fingerprint density at radius 2 is 2.17 bits per heavy atom. The fourth-order valence-corrected chi connectivity index (χ4v) is 3.83. The maximum absolute atomic E-state index is 5.86. The number of nitrogens with zero attached hydrogens (tertiary/aromatic N) is 1. The molecule has 3 heteroatoms. The lowest BCUT2D eigenvalue weighted by atomic mass is 9.87. The maximum atomic E-state index is 5.86. The molecule has 3 fully saturated rings. The van der Waals surface area contributed by atoms with Gasteiger partial charge in [-0.3, -0.25) is 4.90 Å². The average molecular weight is 252 g/mol. The number of ether oxygens (including phenoxy) is 1. The first-order valence-electron chi connectivity index (χ1n) is 7.77. The van der Waals surface area contributed by atoms with Crippen molar-refractivity contribution in [3.63, 3.8) is 0 Å². The Morgan fingerprint density at radius 1 is 1.39 bits per heavy atom. The van der Waals surface area contributed by atoms with E-state index in [2.05, 4.69) is 31.0 Å². The standard InChI is InChI=1S/C15H28N2O/c1-4-13-9-16-14(12-5-6-12)10-17(13)15(3)7-8-18-11(15)2/h11-14,16H,4-10H2,1-3H3. The second-order valence-corrected chi connectivity index (χ2v) is 6.69. The highest BCUT2D eigenvalue weighted by Gasteiger charge is 2.48. The fourth-order valence-electron chi connectivity index (χ4n) is 3.83. The minimum Gasteiger partial charge on any atom is -0.377 e. The number of hydrogen-bond donors (Lipinski definition) is 1. The van der Waals surface area contributed by atoms with Crippen LogP contribution in [0.5, 0.6) is 0 Å². The normalized spacial score (nSPS) is 46.5. The molecule has 0 radical (unpaired) electrons. The van der Waals surface area contributed by atoms with Crippen LogP contribution in [-0.2, 0) is 4.74 Å². The predicted molar refractivity (Wildman–Crippen MR) is 73.7 cm³/mol. The predicted octanol–water partition coefficient (Wildman–Crippen LogP) is 2.02. The first-order chi connectivity index (χ1) is 8.65. The smallest absolute Gasteiger partial charge is 0.0728 e. The van der Waals surface area contributed by atoms with Crippen LogP contribution in [0, 0.1) is 5.92 Å². The van der Waals surface area contributed by atoms with Crippen LogP contribution in [0.2, 0.25) is 0 Å². The third-order valence-corrected chi connectivity index (χ3v) is 5.62. The van der Waals surface area contributed by atoms with Crippen LogP contribution in [0.15, 0.2) is 0 Å². The molecule has 0 aromatic heterocycles. The summed E-state index contributed by atoms with van der Waals surface area (Å²) in [6.45, 7) is 10.3. The molecule has 0 amide bonds. The topological polar surface area (TPSA) is 24.5 Å². The molecular weight excluding hydrogens is 224 g/mol. The van der Waals surface area contributed by atoms with Crippen molar-refractivity contribution in [1.29, 1.82) is 0 Å². The highest BCUT2D eigenvalue weighted by molar-refractivity contribution is 5.03. The molecule has 18 heavy (non-hydrogen) atoms. The Balaban J connectivity index is 1.76. The quantitative estimate of drug-likeness (QED) is 0.831. The monoisotopic (exact) mass is 252 g/mol. The molecule has 0 aromatic rings. The molecule has 4 atom stereocenters. The Bertz CT molecular complexity index is 305. The largest absolute Gasteiger partial charge is 0.377 e. The van der Waals surface area contributed by atoms with Gasteiger partial charge < -0.3 is 10.1 Å². The van der Waals surface area contributed by atoms with Gasteiger partial charge in [0.25, 0.3) is 0 Å². The maximum Gasteiger partial charge on any atom is 0.0728 e. The van der Waals surface area contributed by atoms with Crippen molar-refractivity contribution in [3.05, 3.63) is 0 Å². The van der Waals surface area contributed by atoms with Crippen LogP contribution >= 0.6 is 0 Å². The van der Waals surface area contributed by atoms with E-state index < -0.39 is 0 Å². The van der Waals surface area contributed by atoms with Gasteiger partial charge in [0.1, 0.15) is 0 Å². The molecule has 2 heterocycles. The van der Waals surface area contributed by atoms with E-state index in [-0.39, 0.29) is 5.54 Å². The molecule has 1 saturated carbocycles. The zero-order chi connectivity index (χ0) is 12.8. The van der Waals surface area contributed by atoms with E-state index in [1.807, 2.05) is 0 Å². The molecule has 3 aliphatic rings. The van der Waals surface area contributed by atoms with Gasteiger partial charge in [0, 0.05) is 37.3 Å². The summed E-state index contributed by atoms with van der Waals surface area (Å²) in [5, 5.41) is 3.79. The van der Waals surface area contributed by atoms with Crippen LogP contribution in [0.25, 0.3) is 0 Å². The first kappa shape index (κ1) is 12.9. The van der Waals surface area contributed by atoms with Gasteiger partial charge in [-0.25, -0.2) is 0 Å². The first-order valence-corrected chi connectivity index (χ1v) is 7.77. The zero-order valence-electron chi connectivity index (χ0n) is 12.1. The van der Waals surface area contributed by atoms with Crippen LogP contribution in [-0.4, -0.2) is 48.3 Å². The molecule has 0 bridgehead atoms. The lowest BCUT2D eigenvalue weighted by molar-refractivity contribution is -0.0278. The molecule has 1 aliphatic carbocycles. The van der Waals surface area contributed by atoms with E-state index in [1.165, 1.54) is 38.8 Å². The summed E-state index contributed by atoms with van der Waals surface area (Å²) in [7, 11) is 0. The summed E-state index contributed by atoms with van der Waals surface area (Å²) < 4.78 is 5.86. The van der Waals surface area contributed by atoms with Gasteiger partial charge in [-0.15, -0.1) is 0 Å². The van der Waals surface area contributed by atoms with Crippen molar-refractivity contribution in [2.24, 2.45) is 5.92 Å². The van der Waals surface area contributed by atoms with Gasteiger partial charge in [-0.1, -0.05) is 6.92 Å². The van der Waals surface area contributed by atoms with Crippen molar-refractivity contribution in [2.45, 2.75) is 70.2 Å². The summed E-state index contributed by atoms with van der Waals surface area (Å²) in [5.74, 6) is 0.950. The molecule has 2 saturated heterocycles. The SMILES string of the molecule is CCC1CNC(C2CC2)CN1C1(C)CCOC1C. The summed E-state index contributed by atoms with van der Waals surface area (Å²) in [6.07, 6.45) is 5.69. The van der Waals surface area contributed by atoms with E-state index in [0.29, 0.717) is 12.1 Å². The second-order valence-electron chi connectivity index (χ2n) is 6.69. The van der Waals surface area contributed by atoms with E-state index >= 15 is 0 Å². The molecule has 2 aliphatic heterocycles. The molecule has 3 nitrogen and oxygen atoms in total. The second kappa shape index (κ2) is 4.77. The lowest BCUT2D eigenvalue weighted by Crippen LogP contribution is -2.65. The molecule has 1 N–H and O–H groups in total. The highest BCUT2D eigenvalue weighted by atomic mass is 16.5. The van der Waals surface area contributed by atoms with Crippen molar-refractivity contribution >= 4 is 0 Å². The Hall–Kier alpha value is -0.120. The summed E-state index contributed by atoms with van der Waals surface area (Å²) in [5.41, 5.74) is 0.260. The fraction of sp³-hybridized carbons (Fsp3) is 1.00. The van der Waals surface area contributed by atoms with E-state index in [0.717, 1.165) is 18.6 Å². The van der Waals surface area contributed by atoms with Crippen LogP contribution < -0.4 is 5.32 Å². The lowest BCUT2D eigenvalue weighted by Gasteiger charge is -2.50. The minimum absolute atomic E-state index is 0.260. The van der Waals surface area contributed by atoms with Gasteiger partial charge in [0.15, 0.2) is 0 Å². The Morgan fingerprint density at radius 3 is 2.72 bits per heavy atom. The van der Waals surface area contributed by atoms with Gasteiger partial charge in [0.05, 0.1) is 6.10 Å². The Labute approximate surface area is 111 Å². The van der Waals surface area contributed by atoms with Gasteiger partial charge in [0.2, 0.25) is 0 Å². The van der Waals surface area contributed by atoms with Crippen molar-refractivity contribution < 1.29 is 4.74 Å². The molecule has 0 aromatic carbocycles. The van der Waals surface area contributed by atoms with Gasteiger partial charge >= 0.3 is 0 Å². The van der Waals surface area contributed by atoms with Crippen molar-refractivity contribution in [3.8, 4) is 0 Å². The number of nitrogens with one attached hydrogen (secondary N) is 1. The zero-order valence-corrected chi connectivity index (χ0v) is 12.1. The highest BCUT2D eigenvalue weighted by Crippen LogP contribution is 2.39. The third-order valence-electron chi connectivity index (χ3n) is 5.62.